The van der Waals surface area contributed by atoms with Gasteiger partial charge in [0.1, 0.15) is 0 Å². The van der Waals surface area contributed by atoms with E-state index in [1.54, 1.807) is 6.82 Å². The second kappa shape index (κ2) is 7.11. The van der Waals surface area contributed by atoms with Gasteiger partial charge in [-0.3, -0.25) is 0 Å². The molecule has 15 heavy (non-hydrogen) atoms. The van der Waals surface area contributed by atoms with E-state index < -0.39 is 7.05 Å². The van der Waals surface area contributed by atoms with Crippen LogP contribution in [-0.4, -0.2) is 74.6 Å². The summed E-state index contributed by atoms with van der Waals surface area (Å²) in [5.74, 6) is 0. The van der Waals surface area contributed by atoms with E-state index >= 15 is 0 Å². The van der Waals surface area contributed by atoms with Gasteiger partial charge in [-0.2, -0.15) is 0 Å². The molecule has 0 aromatic heterocycles. The fourth-order valence-electron chi connectivity index (χ4n) is 1.74. The number of nitrogens with zero attached hydrogens (tertiary/aromatic N) is 2. The van der Waals surface area contributed by atoms with Gasteiger partial charge in [0.15, 0.2) is 0 Å². The Bertz CT molecular complexity index is 195. The third-order valence-corrected chi connectivity index (χ3v) is 2.75. The molecule has 0 amide bonds. The van der Waals surface area contributed by atoms with Gasteiger partial charge in [0.05, 0.1) is 0 Å². The van der Waals surface area contributed by atoms with Crippen molar-refractivity contribution in [2.24, 2.45) is 0 Å². The summed E-state index contributed by atoms with van der Waals surface area (Å²) in [6.07, 6.45) is 0.481. The van der Waals surface area contributed by atoms with Crippen LogP contribution in [0.3, 0.4) is 0 Å². The molecule has 1 aliphatic heterocycles. The normalized spacial score (nSPS) is 21.2. The first-order valence-corrected chi connectivity index (χ1v) is 5.53. The van der Waals surface area contributed by atoms with Gasteiger partial charge in [-0.25, -0.2) is 0 Å². The molecule has 1 rings (SSSR count). The fourth-order valence-corrected chi connectivity index (χ4v) is 1.74. The minimum atomic E-state index is -0.414. The van der Waals surface area contributed by atoms with Crippen molar-refractivity contribution < 1.29 is 9.73 Å². The second-order valence-electron chi connectivity index (χ2n) is 3.89. The van der Waals surface area contributed by atoms with E-state index in [1.807, 2.05) is 4.81 Å². The van der Waals surface area contributed by atoms with E-state index in [1.165, 1.54) is 0 Å². The third kappa shape index (κ3) is 4.88. The first-order chi connectivity index (χ1) is 7.24. The van der Waals surface area contributed by atoms with E-state index in [2.05, 4.69) is 10.2 Å². The monoisotopic (exact) mass is 211 g/mol. The van der Waals surface area contributed by atoms with E-state index in [-0.39, 0.29) is 0 Å². The van der Waals surface area contributed by atoms with Gasteiger partial charge in [0, 0.05) is 0 Å². The number of nitrogens with one attached hydrogen (secondary N) is 1. The SMILES string of the molecule is CB(O)N1CCNCCN(CB=O)CC1. The van der Waals surface area contributed by atoms with Gasteiger partial charge >= 0.3 is 91.5 Å². The molecule has 5 nitrogen and oxygen atoms in total. The Balaban J connectivity index is 2.43. The molecular weight excluding hydrogens is 192 g/mol. The predicted molar refractivity (Wildman–Crippen MR) is 61.2 cm³/mol. The van der Waals surface area contributed by atoms with Crippen molar-refractivity contribution in [1.82, 2.24) is 15.0 Å². The van der Waals surface area contributed by atoms with Gasteiger partial charge in [-0.1, -0.05) is 0 Å². The van der Waals surface area contributed by atoms with Crippen LogP contribution in [0.15, 0.2) is 0 Å². The first kappa shape index (κ1) is 12.8. The first-order valence-electron chi connectivity index (χ1n) is 5.53. The molecule has 0 unspecified atom stereocenters. The molecular formula is C8H19B2N3O2. The zero-order valence-electron chi connectivity index (χ0n) is 9.35. The van der Waals surface area contributed by atoms with Crippen LogP contribution in [0, 0.1) is 0 Å². The van der Waals surface area contributed by atoms with Gasteiger partial charge in [0.2, 0.25) is 0 Å². The number of hydrogen-bond acceptors (Lipinski definition) is 5. The van der Waals surface area contributed by atoms with Crippen LogP contribution in [0.5, 0.6) is 0 Å². The molecule has 2 N–H and O–H groups in total. The third-order valence-electron chi connectivity index (χ3n) is 2.75. The number of rotatable bonds is 3. The summed E-state index contributed by atoms with van der Waals surface area (Å²) in [5, 5.41) is 12.8. The second-order valence-corrected chi connectivity index (χ2v) is 3.89. The molecule has 0 saturated carbocycles. The summed E-state index contributed by atoms with van der Waals surface area (Å²) >= 11 is 0. The Kier molecular flexibility index (Phi) is 6.09. The van der Waals surface area contributed by atoms with Crippen molar-refractivity contribution >= 4 is 14.2 Å². The Morgan fingerprint density at radius 1 is 1.33 bits per heavy atom. The quantitative estimate of drug-likeness (QED) is 0.545. The van der Waals surface area contributed by atoms with Crippen LogP contribution >= 0.6 is 0 Å². The van der Waals surface area contributed by atoms with Gasteiger partial charge in [-0.05, 0) is 0 Å². The summed E-state index contributed by atoms with van der Waals surface area (Å²) in [6, 6.07) is 0. The number of hydrogen-bond donors (Lipinski definition) is 2. The predicted octanol–water partition coefficient (Wildman–Crippen LogP) is -1.69. The average Bonchev–Trinajstić information content (AvgIpc) is 2.30. The van der Waals surface area contributed by atoms with Crippen LogP contribution < -0.4 is 5.32 Å². The Hall–Kier alpha value is -0.230. The molecule has 1 aliphatic rings. The van der Waals surface area contributed by atoms with Gasteiger partial charge < -0.3 is 0 Å². The van der Waals surface area contributed by atoms with Crippen LogP contribution in [0.1, 0.15) is 0 Å². The van der Waals surface area contributed by atoms with Crippen molar-refractivity contribution in [2.45, 2.75) is 6.82 Å². The van der Waals surface area contributed by atoms with Crippen molar-refractivity contribution in [2.75, 3.05) is 45.7 Å². The molecule has 0 bridgehead atoms. The zero-order chi connectivity index (χ0) is 11.1. The standard InChI is InChI=1S/C8H19B2N3O2/c1-10(15)13-5-3-11-2-4-12(6-7-13)8-9-14/h11,15H,2-8H2,1H3. The Morgan fingerprint density at radius 3 is 2.73 bits per heavy atom. The Labute approximate surface area is 92.2 Å². The maximum atomic E-state index is 10.4. The van der Waals surface area contributed by atoms with Crippen molar-refractivity contribution in [1.29, 1.82) is 0 Å². The molecule has 1 fully saturated rings. The van der Waals surface area contributed by atoms with E-state index in [0.717, 1.165) is 46.4 Å². The van der Waals surface area contributed by atoms with E-state index in [0.29, 0.717) is 6.44 Å². The molecule has 1 heterocycles. The van der Waals surface area contributed by atoms with Crippen LogP contribution in [0.2, 0.25) is 6.82 Å². The molecule has 1 saturated heterocycles. The molecule has 0 atom stereocenters. The molecule has 0 aromatic carbocycles. The zero-order valence-corrected chi connectivity index (χ0v) is 9.35. The van der Waals surface area contributed by atoms with Crippen molar-refractivity contribution in [3.05, 3.63) is 0 Å². The summed E-state index contributed by atoms with van der Waals surface area (Å²) in [6.45, 7) is 6.97. The minimum absolute atomic E-state index is 0.414. The van der Waals surface area contributed by atoms with Crippen LogP contribution in [0.25, 0.3) is 0 Å². The summed E-state index contributed by atoms with van der Waals surface area (Å²) in [5.41, 5.74) is 0. The molecule has 0 radical (unpaired) electrons. The maximum absolute atomic E-state index is 10.4. The topological polar surface area (TPSA) is 55.8 Å². The Morgan fingerprint density at radius 2 is 2.07 bits per heavy atom. The summed E-state index contributed by atoms with van der Waals surface area (Å²) in [4.78, 5) is 4.11. The summed E-state index contributed by atoms with van der Waals surface area (Å²) < 4.78 is 10.4. The fraction of sp³-hybridized carbons (Fsp3) is 1.00. The van der Waals surface area contributed by atoms with E-state index in [4.69, 9.17) is 0 Å². The molecule has 0 aliphatic carbocycles. The van der Waals surface area contributed by atoms with Gasteiger partial charge in [-0.15, -0.1) is 0 Å². The average molecular weight is 211 g/mol. The summed E-state index contributed by atoms with van der Waals surface area (Å²) in [7, 11) is 0.521. The molecule has 0 aromatic rings. The van der Waals surface area contributed by atoms with Gasteiger partial charge in [0.25, 0.3) is 0 Å². The van der Waals surface area contributed by atoms with Crippen molar-refractivity contribution in [3.8, 4) is 0 Å². The van der Waals surface area contributed by atoms with Crippen molar-refractivity contribution in [3.63, 3.8) is 0 Å². The molecule has 7 heteroatoms. The van der Waals surface area contributed by atoms with Crippen LogP contribution in [-0.2, 0) is 4.70 Å². The molecule has 84 valence electrons. The molecule has 0 spiro atoms. The van der Waals surface area contributed by atoms with Crippen LogP contribution in [0.4, 0.5) is 0 Å². The van der Waals surface area contributed by atoms with E-state index in [9.17, 15) is 9.73 Å².